The van der Waals surface area contributed by atoms with Crippen LogP contribution in [0.5, 0.6) is 0 Å². The average Bonchev–Trinajstić information content (AvgIpc) is 3.33. The van der Waals surface area contributed by atoms with E-state index in [1.807, 2.05) is 0 Å². The van der Waals surface area contributed by atoms with Gasteiger partial charge in [0.25, 0.3) is 0 Å². The van der Waals surface area contributed by atoms with Crippen molar-refractivity contribution < 1.29 is 28.8 Å². The molecular formula is C30H22Cl2N2O6. The molecule has 0 fully saturated rings. The molecule has 0 saturated carbocycles. The summed E-state index contributed by atoms with van der Waals surface area (Å²) in [6.45, 7) is 0.381. The van der Waals surface area contributed by atoms with Crippen LogP contribution in [0.2, 0.25) is 10.0 Å². The van der Waals surface area contributed by atoms with Gasteiger partial charge in [0.15, 0.2) is 35.0 Å². The number of benzene rings is 3. The van der Waals surface area contributed by atoms with Gasteiger partial charge in [0.05, 0.1) is 0 Å². The highest BCUT2D eigenvalue weighted by Gasteiger charge is 2.48. The fraction of sp³-hybridized carbons (Fsp3) is 0.200. The normalized spacial score (nSPS) is 14.8. The zero-order chi connectivity index (χ0) is 28.6. The second-order valence-corrected chi connectivity index (χ2v) is 10.5. The third-order valence-electron chi connectivity index (χ3n) is 7.04. The first-order valence-corrected chi connectivity index (χ1v) is 13.3. The predicted octanol–water partition coefficient (Wildman–Crippen LogP) is 3.70. The summed E-state index contributed by atoms with van der Waals surface area (Å²) in [6, 6.07) is 16.4. The molecule has 2 amide bonds. The maximum absolute atomic E-state index is 13.0. The molecule has 8 nitrogen and oxygen atoms in total. The molecule has 0 radical (unpaired) electrons. The SMILES string of the molecule is O=C(NCCc1ccc(Cl)cc1)C1C(=O)c2cc3c(cc2C1=O)C(=O)C(C(=O)NCCc1ccc(Cl)cc1)C3=O. The fourth-order valence-corrected chi connectivity index (χ4v) is 5.17. The Bertz CT molecular complexity index is 1410. The van der Waals surface area contributed by atoms with E-state index in [0.717, 1.165) is 23.3 Å². The van der Waals surface area contributed by atoms with Crippen LogP contribution in [0.3, 0.4) is 0 Å². The van der Waals surface area contributed by atoms with Crippen molar-refractivity contribution in [3.05, 3.63) is 104 Å². The molecule has 0 unspecified atom stereocenters. The minimum atomic E-state index is -1.60. The molecule has 2 aliphatic carbocycles. The van der Waals surface area contributed by atoms with Crippen LogP contribution < -0.4 is 10.6 Å². The Morgan fingerprint density at radius 2 is 0.850 bits per heavy atom. The monoisotopic (exact) mass is 576 g/mol. The smallest absolute Gasteiger partial charge is 0.238 e. The molecule has 0 spiro atoms. The zero-order valence-electron chi connectivity index (χ0n) is 21.0. The standard InChI is InChI=1S/C30H22Cl2N2O6/c31-17-5-1-15(2-6-17)9-11-33-29(39)23-25(35)19-13-21-22(14-20(19)26(23)36)28(38)24(27(21)37)30(40)34-12-10-16-3-7-18(32)8-4-16/h1-8,13-14,23-24H,9-12H2,(H,33,39)(H,34,40). The minimum absolute atomic E-state index is 0.105. The second kappa shape index (κ2) is 11.2. The van der Waals surface area contributed by atoms with Crippen molar-refractivity contribution in [2.75, 3.05) is 13.1 Å². The third kappa shape index (κ3) is 5.20. The largest absolute Gasteiger partial charge is 0.355 e. The van der Waals surface area contributed by atoms with Crippen molar-refractivity contribution in [1.82, 2.24) is 10.6 Å². The van der Waals surface area contributed by atoms with E-state index in [1.165, 1.54) is 0 Å². The van der Waals surface area contributed by atoms with Gasteiger partial charge in [-0.15, -0.1) is 0 Å². The topological polar surface area (TPSA) is 126 Å². The molecule has 2 aliphatic rings. The van der Waals surface area contributed by atoms with Gasteiger partial charge in [-0.1, -0.05) is 47.5 Å². The van der Waals surface area contributed by atoms with E-state index in [-0.39, 0.29) is 35.3 Å². The van der Waals surface area contributed by atoms with Crippen molar-refractivity contribution in [2.45, 2.75) is 12.8 Å². The lowest BCUT2D eigenvalue weighted by Crippen LogP contribution is -2.38. The van der Waals surface area contributed by atoms with E-state index in [9.17, 15) is 28.8 Å². The van der Waals surface area contributed by atoms with Crippen molar-refractivity contribution >= 4 is 58.1 Å². The molecular weight excluding hydrogens is 555 g/mol. The summed E-state index contributed by atoms with van der Waals surface area (Å²) in [5, 5.41) is 6.38. The number of amides is 2. The quantitative estimate of drug-likeness (QED) is 0.394. The van der Waals surface area contributed by atoms with E-state index in [2.05, 4.69) is 10.6 Å². The summed E-state index contributed by atoms with van der Waals surface area (Å²) in [7, 11) is 0. The number of rotatable bonds is 8. The Balaban J connectivity index is 1.24. The Labute approximate surface area is 239 Å². The van der Waals surface area contributed by atoms with Gasteiger partial charge in [-0.25, -0.2) is 0 Å². The highest BCUT2D eigenvalue weighted by atomic mass is 35.5. The van der Waals surface area contributed by atoms with Gasteiger partial charge in [0, 0.05) is 45.4 Å². The molecule has 0 atom stereocenters. The predicted molar refractivity (Wildman–Crippen MR) is 147 cm³/mol. The first-order chi connectivity index (χ1) is 19.2. The highest BCUT2D eigenvalue weighted by Crippen LogP contribution is 2.35. The number of nitrogens with one attached hydrogen (secondary N) is 2. The Morgan fingerprint density at radius 3 is 1.15 bits per heavy atom. The molecule has 2 N–H and O–H groups in total. The number of carbonyl (C=O) groups is 6. The van der Waals surface area contributed by atoms with E-state index in [4.69, 9.17) is 23.2 Å². The Morgan fingerprint density at radius 1 is 0.550 bits per heavy atom. The maximum atomic E-state index is 13.0. The molecule has 3 aromatic rings. The van der Waals surface area contributed by atoms with E-state index >= 15 is 0 Å². The minimum Gasteiger partial charge on any atom is -0.355 e. The number of carbonyl (C=O) groups excluding carboxylic acids is 6. The van der Waals surface area contributed by atoms with Gasteiger partial charge in [0.1, 0.15) is 0 Å². The number of Topliss-reactive ketones (excluding diaryl/α,β-unsaturated/α-hetero) is 4. The number of ketones is 4. The summed E-state index contributed by atoms with van der Waals surface area (Å²) < 4.78 is 0. The van der Waals surface area contributed by atoms with Crippen LogP contribution in [0.4, 0.5) is 0 Å². The third-order valence-corrected chi connectivity index (χ3v) is 7.55. The maximum Gasteiger partial charge on any atom is 0.238 e. The first kappa shape index (κ1) is 27.4. The van der Waals surface area contributed by atoms with Gasteiger partial charge < -0.3 is 10.6 Å². The van der Waals surface area contributed by atoms with Crippen LogP contribution in [0.25, 0.3) is 0 Å². The van der Waals surface area contributed by atoms with E-state index in [1.54, 1.807) is 48.5 Å². The van der Waals surface area contributed by atoms with Crippen molar-refractivity contribution in [3.8, 4) is 0 Å². The highest BCUT2D eigenvalue weighted by molar-refractivity contribution is 6.39. The Kier molecular flexibility index (Phi) is 7.65. The lowest BCUT2D eigenvalue weighted by Gasteiger charge is -2.09. The van der Waals surface area contributed by atoms with Crippen molar-refractivity contribution in [1.29, 1.82) is 0 Å². The van der Waals surface area contributed by atoms with Crippen molar-refractivity contribution in [2.24, 2.45) is 11.8 Å². The van der Waals surface area contributed by atoms with Gasteiger partial charge in [-0.3, -0.25) is 28.8 Å². The molecule has 0 saturated heterocycles. The lowest BCUT2D eigenvalue weighted by atomic mass is 10.0. The number of hydrogen-bond acceptors (Lipinski definition) is 6. The van der Waals surface area contributed by atoms with Crippen LogP contribution in [-0.2, 0) is 22.4 Å². The summed E-state index contributed by atoms with van der Waals surface area (Å²) in [4.78, 5) is 77.7. The molecule has 0 heterocycles. The number of halogens is 2. The van der Waals surface area contributed by atoms with Crippen LogP contribution in [0, 0.1) is 11.8 Å². The van der Waals surface area contributed by atoms with Gasteiger partial charge in [-0.2, -0.15) is 0 Å². The van der Waals surface area contributed by atoms with Crippen LogP contribution in [0.15, 0.2) is 60.7 Å². The van der Waals surface area contributed by atoms with Crippen LogP contribution >= 0.6 is 23.2 Å². The molecule has 0 bridgehead atoms. The van der Waals surface area contributed by atoms with Crippen LogP contribution in [-0.4, -0.2) is 48.0 Å². The lowest BCUT2D eigenvalue weighted by molar-refractivity contribution is -0.123. The summed E-state index contributed by atoms with van der Waals surface area (Å²) >= 11 is 11.7. The first-order valence-electron chi connectivity index (χ1n) is 12.5. The molecule has 10 heteroatoms. The van der Waals surface area contributed by atoms with Gasteiger partial charge >= 0.3 is 0 Å². The molecule has 5 rings (SSSR count). The average molecular weight is 577 g/mol. The summed E-state index contributed by atoms with van der Waals surface area (Å²) in [5.41, 5.74) is 1.40. The molecule has 0 aliphatic heterocycles. The zero-order valence-corrected chi connectivity index (χ0v) is 22.5. The molecule has 202 valence electrons. The second-order valence-electron chi connectivity index (χ2n) is 9.60. The van der Waals surface area contributed by atoms with Crippen molar-refractivity contribution in [3.63, 3.8) is 0 Å². The van der Waals surface area contributed by atoms with E-state index in [0.29, 0.717) is 22.9 Å². The summed E-state index contributed by atoms with van der Waals surface area (Å²) in [5.74, 6) is -7.69. The van der Waals surface area contributed by atoms with Crippen LogP contribution in [0.1, 0.15) is 52.6 Å². The summed E-state index contributed by atoms with van der Waals surface area (Å²) in [6.07, 6.45) is 0.927. The molecule has 3 aromatic carbocycles. The molecule has 0 aromatic heterocycles. The molecule has 40 heavy (non-hydrogen) atoms. The Hall–Kier alpha value is -4.14. The number of fused-ring (bicyclic) bond motifs is 2. The van der Waals surface area contributed by atoms with Gasteiger partial charge in [-0.05, 0) is 60.4 Å². The number of hydrogen-bond donors (Lipinski definition) is 2. The van der Waals surface area contributed by atoms with Gasteiger partial charge in [0.2, 0.25) is 11.8 Å². The van der Waals surface area contributed by atoms with E-state index < -0.39 is 46.8 Å². The fourth-order valence-electron chi connectivity index (χ4n) is 4.92.